The fourth-order valence-corrected chi connectivity index (χ4v) is 1.65. The van der Waals surface area contributed by atoms with Gasteiger partial charge in [-0.1, -0.05) is 75.5 Å². The van der Waals surface area contributed by atoms with E-state index < -0.39 is 0 Å². The zero-order valence-corrected chi connectivity index (χ0v) is 12.9. The molecule has 0 saturated heterocycles. The van der Waals surface area contributed by atoms with Crippen molar-refractivity contribution >= 4 is 5.97 Å². The Labute approximate surface area is 123 Å². The van der Waals surface area contributed by atoms with Crippen molar-refractivity contribution in [3.8, 4) is 0 Å². The van der Waals surface area contributed by atoms with Crippen LogP contribution in [-0.2, 0) is 9.53 Å². The first-order chi connectivity index (χ1) is 9.77. The van der Waals surface area contributed by atoms with E-state index in [4.69, 9.17) is 0 Å². The summed E-state index contributed by atoms with van der Waals surface area (Å²) in [5, 5.41) is 0. The molecule has 0 fully saturated rings. The summed E-state index contributed by atoms with van der Waals surface area (Å²) in [7, 11) is 0. The highest BCUT2D eigenvalue weighted by Gasteiger charge is 1.87. The molecule has 0 N–H and O–H groups in total. The first-order valence-electron chi connectivity index (χ1n) is 7.59. The molecule has 0 unspecified atom stereocenters. The molecule has 0 spiro atoms. The molecule has 0 amide bonds. The van der Waals surface area contributed by atoms with E-state index in [0.717, 1.165) is 6.42 Å². The number of unbranched alkanes of at least 4 members (excludes halogenated alkanes) is 6. The summed E-state index contributed by atoms with van der Waals surface area (Å²) >= 11 is 0. The average molecular weight is 276 g/mol. The van der Waals surface area contributed by atoms with Crippen LogP contribution in [0.4, 0.5) is 0 Å². The Bertz CT molecular complexity index is 335. The minimum absolute atomic E-state index is 0.303. The molecule has 0 radical (unpaired) electrons. The van der Waals surface area contributed by atoms with E-state index in [1.54, 1.807) is 6.08 Å². The zero-order chi connectivity index (χ0) is 14.9. The van der Waals surface area contributed by atoms with E-state index in [2.05, 4.69) is 23.8 Å². The fourth-order valence-electron chi connectivity index (χ4n) is 1.65. The molecule has 20 heavy (non-hydrogen) atoms. The largest absolute Gasteiger partial charge is 0.435 e. The van der Waals surface area contributed by atoms with Crippen LogP contribution >= 0.6 is 0 Å². The number of allylic oxidation sites excluding steroid dienone is 7. The minimum atomic E-state index is -0.303. The Kier molecular flexibility index (Phi) is 14.3. The van der Waals surface area contributed by atoms with Crippen LogP contribution in [0.1, 0.15) is 58.8 Å². The van der Waals surface area contributed by atoms with Crippen LogP contribution in [0.2, 0.25) is 0 Å². The molecule has 2 nitrogen and oxygen atoms in total. The Morgan fingerprint density at radius 2 is 1.45 bits per heavy atom. The number of rotatable bonds is 11. The second-order valence-corrected chi connectivity index (χ2v) is 4.69. The summed E-state index contributed by atoms with van der Waals surface area (Å²) in [5.74, 6) is -0.303. The molecular weight excluding hydrogens is 248 g/mol. The molecule has 0 rings (SSSR count). The summed E-state index contributed by atoms with van der Waals surface area (Å²) in [4.78, 5) is 10.5. The highest BCUT2D eigenvalue weighted by molar-refractivity contribution is 5.66. The minimum Gasteiger partial charge on any atom is -0.435 e. The van der Waals surface area contributed by atoms with Gasteiger partial charge in [0.15, 0.2) is 0 Å². The lowest BCUT2D eigenvalue weighted by Crippen LogP contribution is -1.88. The molecule has 0 aliphatic rings. The highest BCUT2D eigenvalue weighted by atomic mass is 16.5. The normalized spacial score (nSPS) is 12.3. The van der Waals surface area contributed by atoms with E-state index in [1.807, 2.05) is 24.3 Å². The van der Waals surface area contributed by atoms with Crippen LogP contribution in [0.25, 0.3) is 0 Å². The second kappa shape index (κ2) is 15.5. The zero-order valence-electron chi connectivity index (χ0n) is 12.9. The first-order valence-corrected chi connectivity index (χ1v) is 7.59. The summed E-state index contributed by atoms with van der Waals surface area (Å²) in [6.45, 7) is 3.62. The molecular formula is C18H28O2. The summed E-state index contributed by atoms with van der Waals surface area (Å²) < 4.78 is 4.64. The van der Waals surface area contributed by atoms with Crippen LogP contribution < -0.4 is 0 Å². The molecule has 0 saturated carbocycles. The van der Waals surface area contributed by atoms with Gasteiger partial charge >= 0.3 is 5.97 Å². The smallest absolute Gasteiger partial charge is 0.307 e. The predicted molar refractivity (Wildman–Crippen MR) is 86.3 cm³/mol. The van der Waals surface area contributed by atoms with Crippen LogP contribution in [0.15, 0.2) is 48.8 Å². The molecule has 2 heteroatoms. The predicted octanol–water partition coefficient (Wildman–Crippen LogP) is 5.48. The lowest BCUT2D eigenvalue weighted by Gasteiger charge is -1.97. The first kappa shape index (κ1) is 18.4. The van der Waals surface area contributed by atoms with E-state index >= 15 is 0 Å². The second-order valence-electron chi connectivity index (χ2n) is 4.69. The van der Waals surface area contributed by atoms with Gasteiger partial charge < -0.3 is 4.74 Å². The number of carbonyl (C=O) groups is 1. The van der Waals surface area contributed by atoms with Gasteiger partial charge in [0.1, 0.15) is 0 Å². The Balaban J connectivity index is 3.45. The van der Waals surface area contributed by atoms with Gasteiger partial charge in [-0.25, -0.2) is 0 Å². The standard InChI is InChI=1S/C18H28O2/c1-3-4-5-6-7-8-9-10-11-12-13-14-15-16-17-20-18(2)19/h10-17H,3-9H2,1-2H3/b11-10+,13-12+,15-14+,17-16+. The van der Waals surface area contributed by atoms with Crippen LogP contribution in [-0.4, -0.2) is 5.97 Å². The Morgan fingerprint density at radius 1 is 0.850 bits per heavy atom. The maximum Gasteiger partial charge on any atom is 0.307 e. The number of esters is 1. The van der Waals surface area contributed by atoms with Crippen molar-refractivity contribution in [3.63, 3.8) is 0 Å². The van der Waals surface area contributed by atoms with Crippen molar-refractivity contribution in [1.82, 2.24) is 0 Å². The lowest BCUT2D eigenvalue weighted by molar-refractivity contribution is -0.135. The van der Waals surface area contributed by atoms with Crippen molar-refractivity contribution < 1.29 is 9.53 Å². The number of carbonyl (C=O) groups excluding carboxylic acids is 1. The number of hydrogen-bond acceptors (Lipinski definition) is 2. The van der Waals surface area contributed by atoms with Gasteiger partial charge in [0.2, 0.25) is 0 Å². The van der Waals surface area contributed by atoms with Gasteiger partial charge in [0.05, 0.1) is 6.26 Å². The number of hydrogen-bond donors (Lipinski definition) is 0. The van der Waals surface area contributed by atoms with Gasteiger partial charge in [-0.2, -0.15) is 0 Å². The molecule has 0 bridgehead atoms. The van der Waals surface area contributed by atoms with E-state index in [1.165, 1.54) is 51.7 Å². The van der Waals surface area contributed by atoms with Crippen molar-refractivity contribution in [2.75, 3.05) is 0 Å². The topological polar surface area (TPSA) is 26.3 Å². The molecule has 0 atom stereocenters. The summed E-state index contributed by atoms with van der Waals surface area (Å²) in [6, 6.07) is 0. The fraction of sp³-hybridized carbons (Fsp3) is 0.500. The SMILES string of the molecule is CCCCCCCC/C=C/C=C/C=C/C=C/OC(C)=O. The third-order valence-electron chi connectivity index (χ3n) is 2.73. The molecule has 0 aliphatic heterocycles. The quantitative estimate of drug-likeness (QED) is 0.216. The van der Waals surface area contributed by atoms with Gasteiger partial charge in [0, 0.05) is 6.92 Å². The molecule has 0 aliphatic carbocycles. The molecule has 0 aromatic rings. The Hall–Kier alpha value is -1.57. The van der Waals surface area contributed by atoms with Crippen molar-refractivity contribution in [2.24, 2.45) is 0 Å². The monoisotopic (exact) mass is 276 g/mol. The van der Waals surface area contributed by atoms with Crippen molar-refractivity contribution in [3.05, 3.63) is 48.8 Å². The third kappa shape index (κ3) is 16.4. The van der Waals surface area contributed by atoms with Gasteiger partial charge in [-0.15, -0.1) is 0 Å². The molecule has 0 aromatic carbocycles. The maximum absolute atomic E-state index is 10.5. The highest BCUT2D eigenvalue weighted by Crippen LogP contribution is 2.07. The molecule has 112 valence electrons. The molecule has 0 heterocycles. The molecule has 0 aromatic heterocycles. The van der Waals surface area contributed by atoms with Gasteiger partial charge in [-0.05, 0) is 18.9 Å². The average Bonchev–Trinajstić information content (AvgIpc) is 2.43. The van der Waals surface area contributed by atoms with Crippen LogP contribution in [0.5, 0.6) is 0 Å². The van der Waals surface area contributed by atoms with E-state index in [-0.39, 0.29) is 5.97 Å². The van der Waals surface area contributed by atoms with E-state index in [0.29, 0.717) is 0 Å². The van der Waals surface area contributed by atoms with Crippen LogP contribution in [0, 0.1) is 0 Å². The van der Waals surface area contributed by atoms with Crippen LogP contribution in [0.3, 0.4) is 0 Å². The summed E-state index contributed by atoms with van der Waals surface area (Å²) in [5.41, 5.74) is 0. The maximum atomic E-state index is 10.5. The van der Waals surface area contributed by atoms with Gasteiger partial charge in [0.25, 0.3) is 0 Å². The van der Waals surface area contributed by atoms with Crippen molar-refractivity contribution in [2.45, 2.75) is 58.8 Å². The van der Waals surface area contributed by atoms with Gasteiger partial charge in [-0.3, -0.25) is 4.79 Å². The summed E-state index contributed by atoms with van der Waals surface area (Å²) in [6.07, 6.45) is 24.2. The number of ether oxygens (including phenoxy) is 1. The van der Waals surface area contributed by atoms with Crippen molar-refractivity contribution in [1.29, 1.82) is 0 Å². The third-order valence-corrected chi connectivity index (χ3v) is 2.73. The Morgan fingerprint density at radius 3 is 2.15 bits per heavy atom. The lowest BCUT2D eigenvalue weighted by atomic mass is 10.1. The van der Waals surface area contributed by atoms with E-state index in [9.17, 15) is 4.79 Å².